The topological polar surface area (TPSA) is 83.6 Å². The Morgan fingerprint density at radius 1 is 1.39 bits per heavy atom. The number of sulfonamides is 1. The number of rotatable bonds is 6. The van der Waals surface area contributed by atoms with Gasteiger partial charge in [0.2, 0.25) is 10.0 Å². The van der Waals surface area contributed by atoms with Crippen molar-refractivity contribution in [1.29, 1.82) is 0 Å². The number of aliphatic hydroxyl groups is 1. The lowest BCUT2D eigenvalue weighted by Crippen LogP contribution is -2.33. The Kier molecular flexibility index (Phi) is 5.28. The third-order valence-electron chi connectivity index (χ3n) is 2.57. The van der Waals surface area contributed by atoms with Crippen LogP contribution in [0.4, 0.5) is 0 Å². The molecule has 5 nitrogen and oxygen atoms in total. The van der Waals surface area contributed by atoms with Gasteiger partial charge in [-0.1, -0.05) is 24.3 Å². The molecule has 6 heteroatoms. The molecule has 0 spiro atoms. The van der Waals surface area contributed by atoms with Gasteiger partial charge in [0.1, 0.15) is 0 Å². The first-order valence-corrected chi connectivity index (χ1v) is 7.36. The number of benzene rings is 1. The molecule has 3 N–H and O–H groups in total. The first-order chi connectivity index (χ1) is 8.35. The SMILES string of the molecule is CC(O)CN(C)S(=O)(=O)Cc1cccc(CN)c1. The molecule has 0 aliphatic rings. The van der Waals surface area contributed by atoms with E-state index < -0.39 is 16.1 Å². The summed E-state index contributed by atoms with van der Waals surface area (Å²) in [6.45, 7) is 2.04. The van der Waals surface area contributed by atoms with E-state index in [9.17, 15) is 13.5 Å². The highest BCUT2D eigenvalue weighted by atomic mass is 32.2. The molecule has 1 unspecified atom stereocenters. The molecule has 0 saturated heterocycles. The average molecular weight is 272 g/mol. The Labute approximate surface area is 108 Å². The summed E-state index contributed by atoms with van der Waals surface area (Å²) in [5.74, 6) is -0.0793. The number of hydrogen-bond donors (Lipinski definition) is 2. The molecule has 0 aliphatic heterocycles. The number of hydrogen-bond acceptors (Lipinski definition) is 4. The Morgan fingerprint density at radius 3 is 2.56 bits per heavy atom. The molecule has 1 aromatic rings. The van der Waals surface area contributed by atoms with Gasteiger partial charge in [-0.3, -0.25) is 0 Å². The first kappa shape index (κ1) is 15.1. The van der Waals surface area contributed by atoms with Crippen LogP contribution in [0.3, 0.4) is 0 Å². The van der Waals surface area contributed by atoms with Crippen LogP contribution in [0.2, 0.25) is 0 Å². The van der Waals surface area contributed by atoms with Gasteiger partial charge in [0.25, 0.3) is 0 Å². The zero-order valence-corrected chi connectivity index (χ0v) is 11.5. The minimum absolute atomic E-state index is 0.0793. The van der Waals surface area contributed by atoms with Gasteiger partial charge in [-0.2, -0.15) is 0 Å². The Bertz CT molecular complexity index is 486. The van der Waals surface area contributed by atoms with Crippen molar-refractivity contribution < 1.29 is 13.5 Å². The maximum absolute atomic E-state index is 12.0. The first-order valence-electron chi connectivity index (χ1n) is 5.75. The predicted molar refractivity (Wildman–Crippen MR) is 71.3 cm³/mol. The minimum Gasteiger partial charge on any atom is -0.392 e. The van der Waals surface area contributed by atoms with Crippen LogP contribution in [0.1, 0.15) is 18.1 Å². The maximum atomic E-state index is 12.0. The third kappa shape index (κ3) is 4.38. The smallest absolute Gasteiger partial charge is 0.218 e. The van der Waals surface area contributed by atoms with Crippen LogP contribution in [0.15, 0.2) is 24.3 Å². The monoisotopic (exact) mass is 272 g/mol. The molecule has 18 heavy (non-hydrogen) atoms. The van der Waals surface area contributed by atoms with Crippen molar-refractivity contribution in [2.75, 3.05) is 13.6 Å². The molecule has 0 radical (unpaired) electrons. The fourth-order valence-corrected chi connectivity index (χ4v) is 2.92. The van der Waals surface area contributed by atoms with Gasteiger partial charge in [0.15, 0.2) is 0 Å². The van der Waals surface area contributed by atoms with Crippen molar-refractivity contribution in [3.63, 3.8) is 0 Å². The molecule has 1 aromatic carbocycles. The van der Waals surface area contributed by atoms with E-state index in [1.165, 1.54) is 11.4 Å². The molecule has 1 rings (SSSR count). The van der Waals surface area contributed by atoms with E-state index in [4.69, 9.17) is 5.73 Å². The lowest BCUT2D eigenvalue weighted by atomic mass is 10.1. The van der Waals surface area contributed by atoms with Crippen LogP contribution >= 0.6 is 0 Å². The number of nitrogens with zero attached hydrogens (tertiary/aromatic N) is 1. The van der Waals surface area contributed by atoms with Crippen LogP contribution in [-0.4, -0.2) is 37.5 Å². The lowest BCUT2D eigenvalue weighted by molar-refractivity contribution is 0.171. The molecule has 102 valence electrons. The van der Waals surface area contributed by atoms with Gasteiger partial charge in [-0.25, -0.2) is 12.7 Å². The standard InChI is InChI=1S/C12H20N2O3S/c1-10(15)8-14(2)18(16,17)9-12-5-3-4-11(6-12)7-13/h3-6,10,15H,7-9,13H2,1-2H3. The van der Waals surface area contributed by atoms with E-state index in [-0.39, 0.29) is 12.3 Å². The van der Waals surface area contributed by atoms with E-state index in [0.717, 1.165) is 5.56 Å². The molecular formula is C12H20N2O3S. The molecule has 0 heterocycles. The van der Waals surface area contributed by atoms with Crippen molar-refractivity contribution in [3.05, 3.63) is 35.4 Å². The Balaban J connectivity index is 2.81. The van der Waals surface area contributed by atoms with E-state index in [1.54, 1.807) is 25.1 Å². The number of nitrogens with two attached hydrogens (primary N) is 1. The quantitative estimate of drug-likeness (QED) is 0.779. The summed E-state index contributed by atoms with van der Waals surface area (Å²) in [4.78, 5) is 0. The highest BCUT2D eigenvalue weighted by Crippen LogP contribution is 2.12. The van der Waals surface area contributed by atoms with Crippen LogP contribution in [0.25, 0.3) is 0 Å². The Hall–Kier alpha value is -0.950. The van der Waals surface area contributed by atoms with Crippen molar-refractivity contribution in [2.24, 2.45) is 5.73 Å². The summed E-state index contributed by atoms with van der Waals surface area (Å²) in [6, 6.07) is 7.19. The van der Waals surface area contributed by atoms with Crippen LogP contribution in [0, 0.1) is 0 Å². The molecule has 0 aliphatic carbocycles. The van der Waals surface area contributed by atoms with Crippen LogP contribution in [0.5, 0.6) is 0 Å². The van der Waals surface area contributed by atoms with Crippen molar-refractivity contribution in [3.8, 4) is 0 Å². The van der Waals surface area contributed by atoms with Gasteiger partial charge < -0.3 is 10.8 Å². The fourth-order valence-electron chi connectivity index (χ4n) is 1.65. The normalized spacial score (nSPS) is 13.8. The largest absolute Gasteiger partial charge is 0.392 e. The highest BCUT2D eigenvalue weighted by molar-refractivity contribution is 7.88. The average Bonchev–Trinajstić information content (AvgIpc) is 2.27. The van der Waals surface area contributed by atoms with Gasteiger partial charge in [0.05, 0.1) is 11.9 Å². The van der Waals surface area contributed by atoms with E-state index in [2.05, 4.69) is 0 Å². The maximum Gasteiger partial charge on any atom is 0.218 e. The van der Waals surface area contributed by atoms with Gasteiger partial charge in [-0.15, -0.1) is 0 Å². The summed E-state index contributed by atoms with van der Waals surface area (Å²) in [6.07, 6.45) is -0.680. The molecule has 0 fully saturated rings. The zero-order valence-electron chi connectivity index (χ0n) is 10.7. The number of aliphatic hydroxyl groups excluding tert-OH is 1. The minimum atomic E-state index is -3.40. The highest BCUT2D eigenvalue weighted by Gasteiger charge is 2.19. The molecule has 0 bridgehead atoms. The lowest BCUT2D eigenvalue weighted by Gasteiger charge is -2.18. The predicted octanol–water partition coefficient (Wildman–Crippen LogP) is 0.288. The van der Waals surface area contributed by atoms with Crippen molar-refractivity contribution in [1.82, 2.24) is 4.31 Å². The molecule has 0 aromatic heterocycles. The third-order valence-corrected chi connectivity index (χ3v) is 4.37. The Morgan fingerprint density at radius 2 is 2.00 bits per heavy atom. The fraction of sp³-hybridized carbons (Fsp3) is 0.500. The summed E-state index contributed by atoms with van der Waals surface area (Å²) < 4.78 is 25.2. The number of likely N-dealkylation sites (N-methyl/N-ethyl adjacent to an activating group) is 1. The summed E-state index contributed by atoms with van der Waals surface area (Å²) in [5, 5.41) is 9.21. The second-order valence-electron chi connectivity index (χ2n) is 4.41. The van der Waals surface area contributed by atoms with E-state index in [1.807, 2.05) is 6.07 Å². The molecule has 0 amide bonds. The summed E-state index contributed by atoms with van der Waals surface area (Å²) >= 11 is 0. The summed E-state index contributed by atoms with van der Waals surface area (Å²) in [7, 11) is -1.93. The second kappa shape index (κ2) is 6.29. The van der Waals surface area contributed by atoms with Gasteiger partial charge >= 0.3 is 0 Å². The molecule has 0 saturated carbocycles. The van der Waals surface area contributed by atoms with Gasteiger partial charge in [-0.05, 0) is 18.1 Å². The zero-order chi connectivity index (χ0) is 13.8. The van der Waals surface area contributed by atoms with Crippen LogP contribution < -0.4 is 5.73 Å². The second-order valence-corrected chi connectivity index (χ2v) is 6.49. The van der Waals surface area contributed by atoms with Gasteiger partial charge in [0, 0.05) is 20.1 Å². The van der Waals surface area contributed by atoms with E-state index in [0.29, 0.717) is 12.1 Å². The van der Waals surface area contributed by atoms with Crippen molar-refractivity contribution in [2.45, 2.75) is 25.3 Å². The molecular weight excluding hydrogens is 252 g/mol. The van der Waals surface area contributed by atoms with E-state index >= 15 is 0 Å². The molecule has 1 atom stereocenters. The van der Waals surface area contributed by atoms with Crippen molar-refractivity contribution >= 4 is 10.0 Å². The van der Waals surface area contributed by atoms with Crippen LogP contribution in [-0.2, 0) is 22.3 Å². The summed E-state index contributed by atoms with van der Waals surface area (Å²) in [5.41, 5.74) is 7.12.